The van der Waals surface area contributed by atoms with Gasteiger partial charge in [-0.3, -0.25) is 14.2 Å². The maximum absolute atomic E-state index is 12.4. The van der Waals surface area contributed by atoms with E-state index < -0.39 is 0 Å². The highest BCUT2D eigenvalue weighted by atomic mass is 32.2. The molecule has 0 saturated carbocycles. The molecule has 1 aromatic carbocycles. The van der Waals surface area contributed by atoms with Crippen molar-refractivity contribution in [2.24, 2.45) is 4.99 Å². The van der Waals surface area contributed by atoms with E-state index in [0.717, 1.165) is 41.2 Å². The molecule has 34 heavy (non-hydrogen) atoms. The molecular weight excluding hydrogens is 464 g/mol. The lowest BCUT2D eigenvalue weighted by atomic mass is 9.87. The first kappa shape index (κ1) is 21.9. The largest absolute Gasteiger partial charge is 0.325 e. The fraction of sp³-hybridized carbons (Fsp3) is 0.400. The van der Waals surface area contributed by atoms with Gasteiger partial charge in [-0.05, 0) is 49.8 Å². The van der Waals surface area contributed by atoms with Crippen molar-refractivity contribution < 1.29 is 4.79 Å². The van der Waals surface area contributed by atoms with Gasteiger partial charge in [0, 0.05) is 11.4 Å². The molecule has 1 aliphatic carbocycles. The standard InChI is InChI=1S/C25H26N6OS2/c1-2-3-12-18-16-10-7-11-17(16)20-21-22(34-24(20)28-18)23-29-30-25(31(23)14-26-21)33-13-19(32)27-15-8-5-4-6-9-15/h4-6,8-9,14,20,24H,2-3,7,10-13H2,1H3,(H,27,32)/t20-,24-/m1/s1. The number of benzene rings is 1. The van der Waals surface area contributed by atoms with Crippen LogP contribution in [0.5, 0.6) is 0 Å². The molecule has 2 atom stereocenters. The lowest BCUT2D eigenvalue weighted by Gasteiger charge is -2.26. The minimum absolute atomic E-state index is 0.0721. The van der Waals surface area contributed by atoms with Crippen LogP contribution in [0.25, 0.3) is 5.65 Å². The summed E-state index contributed by atoms with van der Waals surface area (Å²) in [5.74, 6) is 0.446. The molecule has 0 radical (unpaired) electrons. The Morgan fingerprint density at radius 3 is 2.97 bits per heavy atom. The van der Waals surface area contributed by atoms with Crippen molar-refractivity contribution in [1.82, 2.24) is 19.6 Å². The summed E-state index contributed by atoms with van der Waals surface area (Å²) in [7, 11) is 0. The van der Waals surface area contributed by atoms with Gasteiger partial charge in [0.1, 0.15) is 11.7 Å². The maximum atomic E-state index is 12.4. The van der Waals surface area contributed by atoms with E-state index in [9.17, 15) is 4.79 Å². The van der Waals surface area contributed by atoms with Crippen molar-refractivity contribution >= 4 is 46.5 Å². The van der Waals surface area contributed by atoms with Crippen LogP contribution in [0, 0.1) is 0 Å². The smallest absolute Gasteiger partial charge is 0.234 e. The normalized spacial score (nSPS) is 20.8. The zero-order valence-electron chi connectivity index (χ0n) is 19.0. The number of dihydropyridines is 1. The van der Waals surface area contributed by atoms with Crippen LogP contribution in [-0.4, -0.2) is 42.3 Å². The second kappa shape index (κ2) is 9.19. The Morgan fingerprint density at radius 2 is 2.12 bits per heavy atom. The van der Waals surface area contributed by atoms with Gasteiger partial charge in [0.25, 0.3) is 0 Å². The predicted molar refractivity (Wildman–Crippen MR) is 137 cm³/mol. The Hall–Kier alpha value is -2.65. The van der Waals surface area contributed by atoms with Gasteiger partial charge in [-0.1, -0.05) is 60.6 Å². The Kier molecular flexibility index (Phi) is 5.90. The van der Waals surface area contributed by atoms with Crippen molar-refractivity contribution in [3.05, 3.63) is 53.5 Å². The summed E-state index contributed by atoms with van der Waals surface area (Å²) in [5, 5.41) is 12.6. The number of para-hydroxylation sites is 1. The van der Waals surface area contributed by atoms with Crippen LogP contribution in [0.4, 0.5) is 5.69 Å². The van der Waals surface area contributed by atoms with E-state index in [1.807, 2.05) is 41.1 Å². The second-order valence-corrected chi connectivity index (χ2v) is 10.9. The Balaban J connectivity index is 1.24. The number of hydrogen-bond donors (Lipinski definition) is 1. The molecule has 9 heteroatoms. The minimum atomic E-state index is -0.0721. The third-order valence-corrected chi connectivity index (χ3v) is 8.84. The van der Waals surface area contributed by atoms with Gasteiger partial charge in [0.2, 0.25) is 5.91 Å². The van der Waals surface area contributed by atoms with Crippen LogP contribution < -0.4 is 5.32 Å². The van der Waals surface area contributed by atoms with Crippen LogP contribution in [0.1, 0.15) is 57.1 Å². The van der Waals surface area contributed by atoms with E-state index in [-0.39, 0.29) is 23.0 Å². The highest BCUT2D eigenvalue weighted by Crippen LogP contribution is 2.55. The van der Waals surface area contributed by atoms with Gasteiger partial charge >= 0.3 is 0 Å². The van der Waals surface area contributed by atoms with Gasteiger partial charge in [-0.25, -0.2) is 4.98 Å². The van der Waals surface area contributed by atoms with E-state index in [1.54, 1.807) is 17.3 Å². The summed E-state index contributed by atoms with van der Waals surface area (Å²) in [6.45, 7) is 2.24. The zero-order valence-corrected chi connectivity index (χ0v) is 20.7. The van der Waals surface area contributed by atoms with Gasteiger partial charge < -0.3 is 5.32 Å². The first-order valence-electron chi connectivity index (χ1n) is 11.9. The number of aliphatic imine (C=N–C) groups is 1. The summed E-state index contributed by atoms with van der Waals surface area (Å²) in [5.41, 5.74) is 7.10. The molecule has 0 saturated heterocycles. The maximum Gasteiger partial charge on any atom is 0.234 e. The van der Waals surface area contributed by atoms with E-state index in [4.69, 9.17) is 9.98 Å². The summed E-state index contributed by atoms with van der Waals surface area (Å²) in [6.07, 6.45) is 8.80. The summed E-state index contributed by atoms with van der Waals surface area (Å²) in [4.78, 5) is 23.6. The van der Waals surface area contributed by atoms with Crippen LogP contribution in [-0.2, 0) is 4.79 Å². The molecule has 174 valence electrons. The molecule has 1 N–H and O–H groups in total. The summed E-state index contributed by atoms with van der Waals surface area (Å²) < 4.78 is 1.91. The van der Waals surface area contributed by atoms with Crippen LogP contribution in [0.15, 0.2) is 62.8 Å². The van der Waals surface area contributed by atoms with Gasteiger partial charge in [-0.2, -0.15) is 0 Å². The van der Waals surface area contributed by atoms with E-state index in [2.05, 4.69) is 22.4 Å². The number of nitrogens with one attached hydrogen (secondary N) is 1. The molecular formula is C25H26N6OS2. The third-order valence-electron chi connectivity index (χ3n) is 6.66. The SMILES string of the molecule is CCCCC1=N[C@@H]2Sc3c(ncn4c(SCC(=O)Nc5ccccc5)nnc34)[C@H]2C2=C1CCC2. The Labute approximate surface area is 206 Å². The van der Waals surface area contributed by atoms with Crippen LogP contribution in [0.3, 0.4) is 0 Å². The molecule has 0 bridgehead atoms. The molecule has 1 amide bonds. The summed E-state index contributed by atoms with van der Waals surface area (Å²) in [6, 6.07) is 9.48. The molecule has 0 unspecified atom stereocenters. The fourth-order valence-electron chi connectivity index (χ4n) is 5.10. The molecule has 4 heterocycles. The number of fused-ring (bicyclic) bond motifs is 6. The number of aromatic nitrogens is 4. The number of hydrogen-bond acceptors (Lipinski definition) is 7. The number of carbonyl (C=O) groups excluding carboxylic acids is 1. The summed E-state index contributed by atoms with van der Waals surface area (Å²) >= 11 is 3.15. The van der Waals surface area contributed by atoms with Gasteiger partial charge in [0.05, 0.1) is 22.3 Å². The van der Waals surface area contributed by atoms with Crippen molar-refractivity contribution in [2.45, 2.75) is 66.8 Å². The van der Waals surface area contributed by atoms with Crippen LogP contribution >= 0.6 is 23.5 Å². The first-order valence-corrected chi connectivity index (χ1v) is 13.8. The molecule has 6 rings (SSSR count). The molecule has 3 aromatic rings. The topological polar surface area (TPSA) is 84.5 Å². The van der Waals surface area contributed by atoms with Crippen molar-refractivity contribution in [3.8, 4) is 0 Å². The Bertz CT molecular complexity index is 1320. The van der Waals surface area contributed by atoms with Crippen LogP contribution in [0.2, 0.25) is 0 Å². The Morgan fingerprint density at radius 1 is 1.24 bits per heavy atom. The van der Waals surface area contributed by atoms with E-state index in [1.165, 1.54) is 42.3 Å². The fourth-order valence-corrected chi connectivity index (χ4v) is 7.20. The van der Waals surface area contributed by atoms with Crippen molar-refractivity contribution in [1.29, 1.82) is 0 Å². The number of amides is 1. The number of nitrogens with zero attached hydrogens (tertiary/aromatic N) is 5. The number of rotatable bonds is 7. The molecule has 3 aliphatic rings. The number of anilines is 1. The molecule has 0 fully saturated rings. The molecule has 2 aromatic heterocycles. The van der Waals surface area contributed by atoms with Crippen molar-refractivity contribution in [3.63, 3.8) is 0 Å². The third kappa shape index (κ3) is 3.84. The monoisotopic (exact) mass is 490 g/mol. The quantitative estimate of drug-likeness (QED) is 0.441. The van der Waals surface area contributed by atoms with Gasteiger partial charge in [-0.15, -0.1) is 10.2 Å². The lowest BCUT2D eigenvalue weighted by Crippen LogP contribution is -2.21. The number of carbonyl (C=O) groups is 1. The van der Waals surface area contributed by atoms with Gasteiger partial charge in [0.15, 0.2) is 10.8 Å². The number of allylic oxidation sites excluding steroid dienone is 1. The predicted octanol–water partition coefficient (Wildman–Crippen LogP) is 5.50. The van der Waals surface area contributed by atoms with Crippen molar-refractivity contribution in [2.75, 3.05) is 11.1 Å². The first-order chi connectivity index (χ1) is 16.7. The average Bonchev–Trinajstić information content (AvgIpc) is 3.57. The zero-order chi connectivity index (χ0) is 23.1. The van der Waals surface area contributed by atoms with E-state index in [0.29, 0.717) is 5.16 Å². The lowest BCUT2D eigenvalue weighted by molar-refractivity contribution is -0.113. The highest BCUT2D eigenvalue weighted by Gasteiger charge is 2.44. The van der Waals surface area contributed by atoms with E-state index >= 15 is 0 Å². The highest BCUT2D eigenvalue weighted by molar-refractivity contribution is 8.00. The average molecular weight is 491 g/mol. The number of unbranched alkanes of at least 4 members (excludes halogenated alkanes) is 1. The minimum Gasteiger partial charge on any atom is -0.325 e. The second-order valence-electron chi connectivity index (χ2n) is 8.86. The molecule has 7 nitrogen and oxygen atoms in total. The molecule has 2 aliphatic heterocycles. The number of thioether (sulfide) groups is 2. The molecule has 0 spiro atoms.